The van der Waals surface area contributed by atoms with Crippen LogP contribution in [0.3, 0.4) is 0 Å². The van der Waals surface area contributed by atoms with Gasteiger partial charge in [-0.3, -0.25) is 4.79 Å². The first-order valence-corrected chi connectivity index (χ1v) is 10.3. The first-order chi connectivity index (χ1) is 12.6. The molecule has 4 saturated carbocycles. The van der Waals surface area contributed by atoms with Crippen molar-refractivity contribution in [2.24, 2.45) is 28.9 Å². The lowest BCUT2D eigenvalue weighted by atomic mass is 9.49. The summed E-state index contributed by atoms with van der Waals surface area (Å²) in [6.07, 6.45) is 10.6. The Balaban J connectivity index is 0.00000140. The molecule has 1 aromatic rings. The number of nitrogens with two attached hydrogens (primary N) is 1. The number of nitrogens with one attached hydrogen (secondary N) is 2. The summed E-state index contributed by atoms with van der Waals surface area (Å²) in [5, 5.41) is 6.74. The van der Waals surface area contributed by atoms with E-state index in [1.807, 2.05) is 0 Å². The molecule has 0 unspecified atom stereocenters. The Hall–Kier alpha value is -0.750. The van der Waals surface area contributed by atoms with Crippen molar-refractivity contribution in [3.63, 3.8) is 0 Å². The molecular formula is C20H31Cl3N4O. The third-order valence-electron chi connectivity index (χ3n) is 6.60. The van der Waals surface area contributed by atoms with E-state index in [9.17, 15) is 4.79 Å². The molecule has 4 aliphatic carbocycles. The topological polar surface area (TPSA) is 80.0 Å². The van der Waals surface area contributed by atoms with Gasteiger partial charge in [-0.2, -0.15) is 0 Å². The number of carbonyl (C=O) groups is 1. The molecule has 0 aliphatic heterocycles. The number of aromatic nitrogens is 1. The number of halogens is 3. The van der Waals surface area contributed by atoms with Gasteiger partial charge in [-0.25, -0.2) is 4.98 Å². The van der Waals surface area contributed by atoms with Gasteiger partial charge in [0.05, 0.1) is 10.6 Å². The summed E-state index contributed by atoms with van der Waals surface area (Å²) in [5.74, 6) is 3.14. The second-order valence-electron chi connectivity index (χ2n) is 8.69. The van der Waals surface area contributed by atoms with E-state index in [4.69, 9.17) is 17.3 Å². The molecular weight excluding hydrogens is 419 g/mol. The quantitative estimate of drug-likeness (QED) is 0.543. The molecule has 0 saturated heterocycles. The number of carbonyl (C=O) groups excluding carboxylic acids is 1. The SMILES string of the molecule is Cl.Cl.NCCCNc1nccc(C(=O)NCC23CC4CC(CC(C4)C2)C3)c1Cl. The number of nitrogens with zero attached hydrogens (tertiary/aromatic N) is 1. The van der Waals surface area contributed by atoms with Gasteiger partial charge in [-0.05, 0) is 80.7 Å². The summed E-state index contributed by atoms with van der Waals surface area (Å²) < 4.78 is 0. The maximum Gasteiger partial charge on any atom is 0.253 e. The molecule has 5 nitrogen and oxygen atoms in total. The summed E-state index contributed by atoms with van der Waals surface area (Å²) in [4.78, 5) is 17.0. The minimum atomic E-state index is -0.0879. The minimum Gasteiger partial charge on any atom is -0.369 e. The summed E-state index contributed by atoms with van der Waals surface area (Å²) in [6.45, 7) is 2.08. The van der Waals surface area contributed by atoms with E-state index in [2.05, 4.69) is 15.6 Å². The van der Waals surface area contributed by atoms with E-state index in [-0.39, 0.29) is 30.7 Å². The highest BCUT2D eigenvalue weighted by atomic mass is 35.5. The molecule has 4 aliphatic rings. The minimum absolute atomic E-state index is 0. The Morgan fingerprint density at radius 3 is 2.36 bits per heavy atom. The number of hydrogen-bond acceptors (Lipinski definition) is 4. The Labute approximate surface area is 184 Å². The van der Waals surface area contributed by atoms with Crippen molar-refractivity contribution in [1.82, 2.24) is 10.3 Å². The highest BCUT2D eigenvalue weighted by Crippen LogP contribution is 2.59. The van der Waals surface area contributed by atoms with Crippen molar-refractivity contribution >= 4 is 48.1 Å². The molecule has 4 N–H and O–H groups in total. The van der Waals surface area contributed by atoms with E-state index in [1.54, 1.807) is 12.3 Å². The molecule has 28 heavy (non-hydrogen) atoms. The number of amides is 1. The van der Waals surface area contributed by atoms with Crippen LogP contribution >= 0.6 is 36.4 Å². The van der Waals surface area contributed by atoms with Crippen molar-refractivity contribution in [2.45, 2.75) is 44.9 Å². The Morgan fingerprint density at radius 1 is 1.18 bits per heavy atom. The Kier molecular flexibility index (Phi) is 8.26. The standard InChI is InChI=1S/C20H29ClN4O.2ClH/c21-17-16(2-5-24-18(17)23-4-1-3-22)19(26)25-12-20-9-13-6-14(10-20)8-15(7-13)11-20;;/h2,5,13-15H,1,3-4,6-12,22H2,(H,23,24)(H,25,26);2*1H. The van der Waals surface area contributed by atoms with Crippen LogP contribution in [-0.2, 0) is 0 Å². The van der Waals surface area contributed by atoms with Gasteiger partial charge in [0.1, 0.15) is 5.82 Å². The fourth-order valence-electron chi connectivity index (χ4n) is 5.92. The van der Waals surface area contributed by atoms with Crippen LogP contribution in [0.5, 0.6) is 0 Å². The average molecular weight is 450 g/mol. The molecule has 5 rings (SSSR count). The zero-order valence-corrected chi connectivity index (χ0v) is 18.5. The second kappa shape index (κ2) is 9.84. The summed E-state index contributed by atoms with van der Waals surface area (Å²) in [5.41, 5.74) is 6.34. The van der Waals surface area contributed by atoms with Gasteiger partial charge in [0.25, 0.3) is 5.91 Å². The zero-order valence-electron chi connectivity index (χ0n) is 16.1. The van der Waals surface area contributed by atoms with Gasteiger partial charge in [0.2, 0.25) is 0 Å². The maximum absolute atomic E-state index is 12.8. The van der Waals surface area contributed by atoms with Gasteiger partial charge in [0, 0.05) is 19.3 Å². The number of pyridine rings is 1. The smallest absolute Gasteiger partial charge is 0.253 e. The second-order valence-corrected chi connectivity index (χ2v) is 9.07. The first kappa shape index (κ1) is 23.5. The van der Waals surface area contributed by atoms with Gasteiger partial charge < -0.3 is 16.4 Å². The van der Waals surface area contributed by atoms with E-state index < -0.39 is 0 Å². The fraction of sp³-hybridized carbons (Fsp3) is 0.700. The van der Waals surface area contributed by atoms with Crippen molar-refractivity contribution in [3.05, 3.63) is 22.8 Å². The number of hydrogen-bond donors (Lipinski definition) is 3. The molecule has 0 spiro atoms. The monoisotopic (exact) mass is 448 g/mol. The van der Waals surface area contributed by atoms with Crippen LogP contribution in [0, 0.1) is 23.2 Å². The summed E-state index contributed by atoms with van der Waals surface area (Å²) in [6, 6.07) is 1.70. The number of anilines is 1. The van der Waals surface area contributed by atoms with Gasteiger partial charge in [-0.1, -0.05) is 11.6 Å². The summed E-state index contributed by atoms with van der Waals surface area (Å²) >= 11 is 6.42. The lowest BCUT2D eigenvalue weighted by Crippen LogP contribution is -2.51. The summed E-state index contributed by atoms with van der Waals surface area (Å²) in [7, 11) is 0. The lowest BCUT2D eigenvalue weighted by Gasteiger charge is -2.56. The largest absolute Gasteiger partial charge is 0.369 e. The first-order valence-electron chi connectivity index (χ1n) is 9.95. The van der Waals surface area contributed by atoms with Gasteiger partial charge in [0.15, 0.2) is 0 Å². The predicted molar refractivity (Wildman–Crippen MR) is 119 cm³/mol. The van der Waals surface area contributed by atoms with Crippen molar-refractivity contribution < 1.29 is 4.79 Å². The van der Waals surface area contributed by atoms with Crippen molar-refractivity contribution in [1.29, 1.82) is 0 Å². The highest BCUT2D eigenvalue weighted by molar-refractivity contribution is 6.36. The molecule has 0 atom stereocenters. The lowest BCUT2D eigenvalue weighted by molar-refractivity contribution is -0.0503. The van der Waals surface area contributed by atoms with E-state index >= 15 is 0 Å². The molecule has 0 aromatic carbocycles. The maximum atomic E-state index is 12.8. The molecule has 158 valence electrons. The van der Waals surface area contributed by atoms with Crippen LogP contribution < -0.4 is 16.4 Å². The average Bonchev–Trinajstić information content (AvgIpc) is 2.60. The van der Waals surface area contributed by atoms with Crippen LogP contribution in [0.4, 0.5) is 5.82 Å². The van der Waals surface area contributed by atoms with Crippen LogP contribution in [0.1, 0.15) is 55.3 Å². The van der Waals surface area contributed by atoms with E-state index in [0.717, 1.165) is 30.7 Å². The van der Waals surface area contributed by atoms with E-state index in [1.165, 1.54) is 38.5 Å². The van der Waals surface area contributed by atoms with E-state index in [0.29, 0.717) is 34.9 Å². The molecule has 4 bridgehead atoms. The van der Waals surface area contributed by atoms with Crippen LogP contribution in [0.2, 0.25) is 5.02 Å². The Morgan fingerprint density at radius 2 is 1.79 bits per heavy atom. The molecule has 8 heteroatoms. The Bertz CT molecular complexity index is 650. The highest BCUT2D eigenvalue weighted by Gasteiger charge is 2.50. The van der Waals surface area contributed by atoms with Crippen LogP contribution in [0.25, 0.3) is 0 Å². The van der Waals surface area contributed by atoms with Crippen LogP contribution in [0.15, 0.2) is 12.3 Å². The number of rotatable bonds is 7. The van der Waals surface area contributed by atoms with Gasteiger partial charge in [-0.15, -0.1) is 24.8 Å². The third-order valence-corrected chi connectivity index (χ3v) is 6.98. The molecule has 1 amide bonds. The molecule has 4 fully saturated rings. The fourth-order valence-corrected chi connectivity index (χ4v) is 6.19. The molecule has 1 heterocycles. The normalized spacial score (nSPS) is 29.6. The van der Waals surface area contributed by atoms with Gasteiger partial charge >= 0.3 is 0 Å². The predicted octanol–water partition coefficient (Wildman–Crippen LogP) is 4.29. The third kappa shape index (κ3) is 4.86. The molecule has 0 radical (unpaired) electrons. The van der Waals surface area contributed by atoms with Crippen molar-refractivity contribution in [3.8, 4) is 0 Å². The van der Waals surface area contributed by atoms with Crippen molar-refractivity contribution in [2.75, 3.05) is 25.0 Å². The molecule has 1 aromatic heterocycles. The van der Waals surface area contributed by atoms with Crippen LogP contribution in [-0.4, -0.2) is 30.5 Å². The zero-order chi connectivity index (χ0) is 18.1.